The number of nitrogens with zero attached hydrogens (tertiary/aromatic N) is 1. The summed E-state index contributed by atoms with van der Waals surface area (Å²) in [6, 6.07) is 12.5. The lowest BCUT2D eigenvalue weighted by Gasteiger charge is -2.22. The minimum absolute atomic E-state index is 0.252. The van der Waals surface area contributed by atoms with Gasteiger partial charge in [-0.05, 0) is 41.8 Å². The average molecular weight is 475 g/mol. The Labute approximate surface area is 186 Å². The number of rotatable bonds is 10. The molecule has 1 amide bonds. The molecule has 0 spiro atoms. The van der Waals surface area contributed by atoms with E-state index in [2.05, 4.69) is 5.32 Å². The molecule has 5 nitrogen and oxygen atoms in total. The molecule has 29 heavy (non-hydrogen) atoms. The van der Waals surface area contributed by atoms with Crippen LogP contribution in [0.15, 0.2) is 42.5 Å². The molecular weight excluding hydrogens is 451 g/mol. The molecule has 0 fully saturated rings. The summed E-state index contributed by atoms with van der Waals surface area (Å²) < 4.78 is 25.4. The highest BCUT2D eigenvalue weighted by molar-refractivity contribution is 7.98. The molecule has 2 aromatic carbocycles. The van der Waals surface area contributed by atoms with E-state index < -0.39 is 10.0 Å². The molecule has 0 aliphatic carbocycles. The van der Waals surface area contributed by atoms with Crippen LogP contribution < -0.4 is 9.62 Å². The maximum Gasteiger partial charge on any atom is 0.240 e. The van der Waals surface area contributed by atoms with Gasteiger partial charge in [-0.15, -0.1) is 0 Å². The van der Waals surface area contributed by atoms with Crippen LogP contribution in [0.1, 0.15) is 18.1 Å². The Morgan fingerprint density at radius 3 is 2.41 bits per heavy atom. The number of hydrogen-bond donors (Lipinski definition) is 1. The highest BCUT2D eigenvalue weighted by Crippen LogP contribution is 2.24. The first-order valence-corrected chi connectivity index (χ1v) is 12.8. The van der Waals surface area contributed by atoms with Gasteiger partial charge in [-0.2, -0.15) is 11.8 Å². The first kappa shape index (κ1) is 23.9. The second-order valence-electron chi connectivity index (χ2n) is 6.43. The fourth-order valence-corrected chi connectivity index (χ4v) is 4.84. The van der Waals surface area contributed by atoms with Gasteiger partial charge in [0, 0.05) is 28.1 Å². The highest BCUT2D eigenvalue weighted by atomic mass is 35.5. The van der Waals surface area contributed by atoms with Gasteiger partial charge in [0.1, 0.15) is 6.54 Å². The smallest absolute Gasteiger partial charge is 0.240 e. The average Bonchev–Trinajstić information content (AvgIpc) is 2.66. The molecule has 0 heterocycles. The second-order valence-corrected chi connectivity index (χ2v) is 10.3. The maximum atomic E-state index is 12.3. The molecule has 0 saturated carbocycles. The number of carbonyl (C=O) groups excluding carboxylic acids is 1. The first-order valence-electron chi connectivity index (χ1n) is 9.05. The minimum atomic E-state index is -3.57. The molecule has 0 saturated heterocycles. The van der Waals surface area contributed by atoms with E-state index in [4.69, 9.17) is 23.2 Å². The molecule has 0 aromatic heterocycles. The summed E-state index contributed by atoms with van der Waals surface area (Å²) in [4.78, 5) is 12.3. The Balaban J connectivity index is 1.83. The van der Waals surface area contributed by atoms with Crippen molar-refractivity contribution >= 4 is 56.6 Å². The van der Waals surface area contributed by atoms with E-state index in [9.17, 15) is 13.2 Å². The highest BCUT2D eigenvalue weighted by Gasteiger charge is 2.20. The van der Waals surface area contributed by atoms with Gasteiger partial charge < -0.3 is 5.32 Å². The van der Waals surface area contributed by atoms with Crippen LogP contribution in [-0.4, -0.2) is 39.4 Å². The van der Waals surface area contributed by atoms with E-state index in [1.165, 1.54) is 0 Å². The summed E-state index contributed by atoms with van der Waals surface area (Å²) in [5.74, 6) is 1.03. The van der Waals surface area contributed by atoms with Crippen LogP contribution >= 0.6 is 35.0 Å². The number of aryl methyl sites for hydroxylation is 1. The number of anilines is 1. The van der Waals surface area contributed by atoms with Gasteiger partial charge in [-0.3, -0.25) is 9.10 Å². The van der Waals surface area contributed by atoms with Crippen molar-refractivity contribution < 1.29 is 13.2 Å². The lowest BCUT2D eigenvalue weighted by molar-refractivity contribution is -0.119. The normalized spacial score (nSPS) is 11.3. The van der Waals surface area contributed by atoms with Gasteiger partial charge in [-0.25, -0.2) is 8.42 Å². The van der Waals surface area contributed by atoms with Crippen LogP contribution in [-0.2, 0) is 27.0 Å². The molecule has 0 atom stereocenters. The fraction of sp³-hybridized carbons (Fsp3) is 0.350. The van der Waals surface area contributed by atoms with Crippen molar-refractivity contribution in [3.05, 3.63) is 63.6 Å². The van der Waals surface area contributed by atoms with Crippen LogP contribution in [0.4, 0.5) is 5.69 Å². The number of sulfonamides is 1. The lowest BCUT2D eigenvalue weighted by atomic mass is 10.1. The Bertz CT molecular complexity index is 935. The number of benzene rings is 2. The van der Waals surface area contributed by atoms with Crippen LogP contribution in [0.25, 0.3) is 0 Å². The van der Waals surface area contributed by atoms with Crippen molar-refractivity contribution in [3.63, 3.8) is 0 Å². The van der Waals surface area contributed by atoms with Crippen LogP contribution in [0.3, 0.4) is 0 Å². The second kappa shape index (κ2) is 11.1. The van der Waals surface area contributed by atoms with E-state index in [0.717, 1.165) is 28.1 Å². The Hall–Kier alpha value is -1.41. The quantitative estimate of drug-likeness (QED) is 0.519. The largest absolute Gasteiger partial charge is 0.354 e. The summed E-state index contributed by atoms with van der Waals surface area (Å²) in [6.45, 7) is 2.20. The van der Waals surface area contributed by atoms with Crippen molar-refractivity contribution in [3.8, 4) is 0 Å². The number of nitrogens with one attached hydrogen (secondary N) is 1. The van der Waals surface area contributed by atoms with E-state index in [-0.39, 0.29) is 12.5 Å². The SMILES string of the molecule is CCc1ccc(N(CC(=O)NCCSCc2ccc(Cl)cc2Cl)S(C)(=O)=O)cc1. The Morgan fingerprint density at radius 1 is 1.14 bits per heavy atom. The molecule has 9 heteroatoms. The zero-order chi connectivity index (χ0) is 21.4. The zero-order valence-electron chi connectivity index (χ0n) is 16.3. The van der Waals surface area contributed by atoms with Crippen molar-refractivity contribution in [1.29, 1.82) is 0 Å². The number of carbonyl (C=O) groups is 1. The fourth-order valence-electron chi connectivity index (χ4n) is 2.57. The summed E-state index contributed by atoms with van der Waals surface area (Å²) >= 11 is 13.6. The van der Waals surface area contributed by atoms with Crippen molar-refractivity contribution in [2.24, 2.45) is 0 Å². The van der Waals surface area contributed by atoms with Crippen molar-refractivity contribution in [2.45, 2.75) is 19.1 Å². The predicted molar refractivity (Wildman–Crippen MR) is 124 cm³/mol. The summed E-state index contributed by atoms with van der Waals surface area (Å²) in [5, 5.41) is 3.98. The number of amides is 1. The van der Waals surface area contributed by atoms with Crippen LogP contribution in [0.5, 0.6) is 0 Å². The number of thioether (sulfide) groups is 1. The van der Waals surface area contributed by atoms with Gasteiger partial charge in [0.15, 0.2) is 0 Å². The van der Waals surface area contributed by atoms with Gasteiger partial charge >= 0.3 is 0 Å². The molecule has 0 aliphatic rings. The third-order valence-corrected chi connectivity index (χ3v) is 6.90. The van der Waals surface area contributed by atoms with Crippen LogP contribution in [0.2, 0.25) is 10.0 Å². The molecular formula is C20H24Cl2N2O3S2. The molecule has 0 radical (unpaired) electrons. The van der Waals surface area contributed by atoms with Gasteiger partial charge in [0.2, 0.25) is 15.9 Å². The maximum absolute atomic E-state index is 12.3. The first-order chi connectivity index (χ1) is 13.7. The predicted octanol–water partition coefficient (Wildman–Crippen LogP) is 4.37. The molecule has 2 rings (SSSR count). The van der Waals surface area contributed by atoms with Gasteiger partial charge in [-0.1, -0.05) is 48.3 Å². The van der Waals surface area contributed by atoms with Gasteiger partial charge in [0.25, 0.3) is 0 Å². The van der Waals surface area contributed by atoms with Gasteiger partial charge in [0.05, 0.1) is 11.9 Å². The topological polar surface area (TPSA) is 66.5 Å². The van der Waals surface area contributed by atoms with Crippen LogP contribution in [0, 0.1) is 0 Å². The van der Waals surface area contributed by atoms with E-state index in [1.807, 2.05) is 25.1 Å². The van der Waals surface area contributed by atoms with E-state index >= 15 is 0 Å². The Kier molecular flexibility index (Phi) is 9.14. The Morgan fingerprint density at radius 2 is 1.83 bits per heavy atom. The van der Waals surface area contributed by atoms with E-state index in [1.54, 1.807) is 36.0 Å². The molecule has 0 aliphatic heterocycles. The molecule has 2 aromatic rings. The number of hydrogen-bond acceptors (Lipinski definition) is 4. The lowest BCUT2D eigenvalue weighted by Crippen LogP contribution is -2.41. The van der Waals surface area contributed by atoms with Crippen molar-refractivity contribution in [2.75, 3.05) is 29.4 Å². The summed E-state index contributed by atoms with van der Waals surface area (Å²) in [7, 11) is -3.57. The molecule has 158 valence electrons. The zero-order valence-corrected chi connectivity index (χ0v) is 19.5. The third kappa shape index (κ3) is 7.74. The third-order valence-electron chi connectivity index (χ3n) is 4.16. The summed E-state index contributed by atoms with van der Waals surface area (Å²) in [6.07, 6.45) is 1.96. The molecule has 0 unspecified atom stereocenters. The summed E-state index contributed by atoms with van der Waals surface area (Å²) in [5.41, 5.74) is 2.56. The monoisotopic (exact) mass is 474 g/mol. The van der Waals surface area contributed by atoms with E-state index in [0.29, 0.717) is 33.8 Å². The molecule has 0 bridgehead atoms. The minimum Gasteiger partial charge on any atom is -0.354 e. The number of halogens is 2. The van der Waals surface area contributed by atoms with Crippen molar-refractivity contribution in [1.82, 2.24) is 5.32 Å². The molecule has 1 N–H and O–H groups in total. The standard InChI is InChI=1S/C20H24Cl2N2O3S2/c1-3-15-4-8-18(9-5-15)24(29(2,26)27)13-20(25)23-10-11-28-14-16-6-7-17(21)12-19(16)22/h4-9,12H,3,10-11,13-14H2,1-2H3,(H,23,25).